The average Bonchev–Trinajstić information content (AvgIpc) is 2.64. The molecule has 0 aliphatic heterocycles. The van der Waals surface area contributed by atoms with Crippen LogP contribution < -0.4 is 21.7 Å². The van der Waals surface area contributed by atoms with Crippen LogP contribution in [0, 0.1) is 12.3 Å². The molecule has 0 saturated carbocycles. The maximum Gasteiger partial charge on any atom is 0.251 e. The first-order valence-electron chi connectivity index (χ1n) is 8.17. The highest BCUT2D eigenvalue weighted by Crippen LogP contribution is 2.18. The summed E-state index contributed by atoms with van der Waals surface area (Å²) < 4.78 is 0. The summed E-state index contributed by atoms with van der Waals surface area (Å²) >= 11 is 0. The third-order valence-electron chi connectivity index (χ3n) is 3.86. The average molecular weight is 353 g/mol. The number of likely N-dealkylation sites (N-methyl/N-ethyl adjacent to an activating group) is 1. The summed E-state index contributed by atoms with van der Waals surface area (Å²) in [5, 5.41) is 16.0. The second-order valence-corrected chi connectivity index (χ2v) is 5.86. The molecule has 0 aliphatic carbocycles. The van der Waals surface area contributed by atoms with Crippen LogP contribution in [0.5, 0.6) is 0 Å². The van der Waals surface area contributed by atoms with Crippen LogP contribution in [0.1, 0.15) is 27.0 Å². The van der Waals surface area contributed by atoms with E-state index in [2.05, 4.69) is 16.0 Å². The Balaban J connectivity index is 2.14. The SMILES string of the molecule is CNC(=O)CNc1cc(C(=N)N)ccc1CNC(=O)c1cccc(C)c1. The van der Waals surface area contributed by atoms with Crippen molar-refractivity contribution in [1.82, 2.24) is 10.6 Å². The third-order valence-corrected chi connectivity index (χ3v) is 3.86. The van der Waals surface area contributed by atoms with Crippen molar-refractivity contribution in [3.05, 3.63) is 64.7 Å². The summed E-state index contributed by atoms with van der Waals surface area (Å²) in [4.78, 5) is 23.8. The van der Waals surface area contributed by atoms with Gasteiger partial charge in [-0.3, -0.25) is 15.0 Å². The monoisotopic (exact) mass is 353 g/mol. The highest BCUT2D eigenvalue weighted by Gasteiger charge is 2.10. The lowest BCUT2D eigenvalue weighted by Crippen LogP contribution is -2.27. The van der Waals surface area contributed by atoms with Crippen LogP contribution in [0.3, 0.4) is 0 Å². The van der Waals surface area contributed by atoms with Gasteiger partial charge in [0.05, 0.1) is 6.54 Å². The molecule has 0 unspecified atom stereocenters. The summed E-state index contributed by atoms with van der Waals surface area (Å²) in [5.74, 6) is -0.419. The molecule has 0 heterocycles. The zero-order valence-corrected chi connectivity index (χ0v) is 14.8. The predicted molar refractivity (Wildman–Crippen MR) is 102 cm³/mol. The van der Waals surface area contributed by atoms with Crippen molar-refractivity contribution in [3.8, 4) is 0 Å². The number of carbonyl (C=O) groups is 2. The Labute approximate surface area is 152 Å². The standard InChI is InChI=1S/C19H23N5O2/c1-12-4-3-5-14(8-12)19(26)24-10-15-7-6-13(18(20)21)9-16(15)23-11-17(25)22-2/h3-9,23H,10-11H2,1-2H3,(H3,20,21)(H,22,25)(H,24,26). The van der Waals surface area contributed by atoms with Crippen LogP contribution in [-0.2, 0) is 11.3 Å². The molecule has 136 valence electrons. The quantitative estimate of drug-likeness (QED) is 0.381. The van der Waals surface area contributed by atoms with E-state index >= 15 is 0 Å². The number of anilines is 1. The zero-order valence-electron chi connectivity index (χ0n) is 14.8. The highest BCUT2D eigenvalue weighted by atomic mass is 16.2. The van der Waals surface area contributed by atoms with Crippen LogP contribution in [0.4, 0.5) is 5.69 Å². The first-order chi connectivity index (χ1) is 12.4. The van der Waals surface area contributed by atoms with Crippen LogP contribution >= 0.6 is 0 Å². The second-order valence-electron chi connectivity index (χ2n) is 5.86. The van der Waals surface area contributed by atoms with Crippen LogP contribution in [-0.4, -0.2) is 31.2 Å². The number of benzene rings is 2. The minimum Gasteiger partial charge on any atom is -0.384 e. The fourth-order valence-electron chi connectivity index (χ4n) is 2.39. The van der Waals surface area contributed by atoms with E-state index in [1.807, 2.05) is 25.1 Å². The van der Waals surface area contributed by atoms with Gasteiger partial charge in [0, 0.05) is 30.4 Å². The van der Waals surface area contributed by atoms with Crippen LogP contribution in [0.15, 0.2) is 42.5 Å². The zero-order chi connectivity index (χ0) is 19.1. The summed E-state index contributed by atoms with van der Waals surface area (Å²) in [6, 6.07) is 12.5. The summed E-state index contributed by atoms with van der Waals surface area (Å²) in [6.45, 7) is 2.29. The number of aryl methyl sites for hydroxylation is 1. The highest BCUT2D eigenvalue weighted by molar-refractivity contribution is 5.96. The van der Waals surface area contributed by atoms with E-state index in [0.29, 0.717) is 16.8 Å². The molecule has 26 heavy (non-hydrogen) atoms. The van der Waals surface area contributed by atoms with Gasteiger partial charge in [-0.1, -0.05) is 29.8 Å². The molecule has 0 saturated heterocycles. The van der Waals surface area contributed by atoms with Gasteiger partial charge < -0.3 is 21.7 Å². The second kappa shape index (κ2) is 8.66. The molecule has 0 spiro atoms. The molecule has 0 aliphatic rings. The normalized spacial score (nSPS) is 10.1. The van der Waals surface area contributed by atoms with Crippen LogP contribution in [0.25, 0.3) is 0 Å². The Morgan fingerprint density at radius 3 is 2.54 bits per heavy atom. The van der Waals surface area contributed by atoms with Gasteiger partial charge in [0.1, 0.15) is 5.84 Å². The van der Waals surface area contributed by atoms with Gasteiger partial charge in [-0.05, 0) is 30.7 Å². The van der Waals surface area contributed by atoms with Crippen molar-refractivity contribution in [2.45, 2.75) is 13.5 Å². The molecular formula is C19H23N5O2. The largest absolute Gasteiger partial charge is 0.384 e. The van der Waals surface area contributed by atoms with Gasteiger partial charge in [-0.2, -0.15) is 0 Å². The number of amidine groups is 1. The Hall–Kier alpha value is -3.35. The van der Waals surface area contributed by atoms with Gasteiger partial charge >= 0.3 is 0 Å². The fraction of sp³-hybridized carbons (Fsp3) is 0.211. The maximum absolute atomic E-state index is 12.3. The summed E-state index contributed by atoms with van der Waals surface area (Å²) in [7, 11) is 1.55. The van der Waals surface area contributed by atoms with E-state index in [1.165, 1.54) is 0 Å². The van der Waals surface area contributed by atoms with E-state index < -0.39 is 0 Å². The van der Waals surface area contributed by atoms with E-state index in [0.717, 1.165) is 11.1 Å². The summed E-state index contributed by atoms with van der Waals surface area (Å²) in [5.41, 5.74) is 9.11. The molecule has 6 N–H and O–H groups in total. The number of hydrogen-bond donors (Lipinski definition) is 5. The number of nitrogen functional groups attached to an aromatic ring is 1. The van der Waals surface area contributed by atoms with Gasteiger partial charge in [0.2, 0.25) is 5.91 Å². The Kier molecular flexibility index (Phi) is 6.32. The van der Waals surface area contributed by atoms with E-state index in [-0.39, 0.29) is 30.7 Å². The molecule has 0 radical (unpaired) electrons. The number of nitrogens with one attached hydrogen (secondary N) is 4. The van der Waals surface area contributed by atoms with Crippen molar-refractivity contribution < 1.29 is 9.59 Å². The van der Waals surface area contributed by atoms with Crippen molar-refractivity contribution in [3.63, 3.8) is 0 Å². The molecule has 0 atom stereocenters. The van der Waals surface area contributed by atoms with Crippen molar-refractivity contribution in [2.75, 3.05) is 18.9 Å². The molecule has 2 aromatic rings. The van der Waals surface area contributed by atoms with E-state index in [1.54, 1.807) is 31.3 Å². The van der Waals surface area contributed by atoms with E-state index in [9.17, 15) is 9.59 Å². The molecule has 0 aromatic heterocycles. The lowest BCUT2D eigenvalue weighted by molar-refractivity contribution is -0.118. The predicted octanol–water partition coefficient (Wildman–Crippen LogP) is 1.37. The van der Waals surface area contributed by atoms with E-state index in [4.69, 9.17) is 11.1 Å². The molecule has 0 fully saturated rings. The Morgan fingerprint density at radius 2 is 1.88 bits per heavy atom. The van der Waals surface area contributed by atoms with Crippen molar-refractivity contribution in [2.24, 2.45) is 5.73 Å². The smallest absolute Gasteiger partial charge is 0.251 e. The van der Waals surface area contributed by atoms with Gasteiger partial charge in [-0.25, -0.2) is 0 Å². The minimum atomic E-state index is -0.179. The summed E-state index contributed by atoms with van der Waals surface area (Å²) in [6.07, 6.45) is 0. The maximum atomic E-state index is 12.3. The molecule has 7 heteroatoms. The topological polar surface area (TPSA) is 120 Å². The number of hydrogen-bond acceptors (Lipinski definition) is 4. The fourth-order valence-corrected chi connectivity index (χ4v) is 2.39. The van der Waals surface area contributed by atoms with Gasteiger partial charge in [-0.15, -0.1) is 0 Å². The lowest BCUT2D eigenvalue weighted by Gasteiger charge is -2.14. The molecule has 2 amide bonds. The molecule has 2 rings (SSSR count). The van der Waals surface area contributed by atoms with Crippen LogP contribution in [0.2, 0.25) is 0 Å². The first-order valence-corrected chi connectivity index (χ1v) is 8.17. The molecule has 7 nitrogen and oxygen atoms in total. The Bertz CT molecular complexity index is 832. The molecular weight excluding hydrogens is 330 g/mol. The first kappa shape index (κ1) is 19.0. The van der Waals surface area contributed by atoms with Crippen molar-refractivity contribution in [1.29, 1.82) is 5.41 Å². The third kappa shape index (κ3) is 5.07. The number of carbonyl (C=O) groups excluding carboxylic acids is 2. The number of nitrogens with two attached hydrogens (primary N) is 1. The number of amides is 2. The molecule has 2 aromatic carbocycles. The lowest BCUT2D eigenvalue weighted by atomic mass is 10.1. The Morgan fingerprint density at radius 1 is 1.12 bits per heavy atom. The van der Waals surface area contributed by atoms with Crippen molar-refractivity contribution >= 4 is 23.3 Å². The van der Waals surface area contributed by atoms with Gasteiger partial charge in [0.25, 0.3) is 5.91 Å². The van der Waals surface area contributed by atoms with Gasteiger partial charge in [0.15, 0.2) is 0 Å². The molecule has 0 bridgehead atoms. The minimum absolute atomic E-state index is 0.0664. The number of rotatable bonds is 7.